The molecule has 0 N–H and O–H groups in total. The minimum absolute atomic E-state index is 0.0249. The fourth-order valence-electron chi connectivity index (χ4n) is 4.86. The van der Waals surface area contributed by atoms with Gasteiger partial charge in [0, 0.05) is 56.5 Å². The Balaban J connectivity index is 1.36. The topological polar surface area (TPSA) is 84.2 Å². The van der Waals surface area contributed by atoms with Crippen molar-refractivity contribution >= 4 is 33.3 Å². The van der Waals surface area contributed by atoms with Crippen LogP contribution in [0.5, 0.6) is 0 Å². The van der Waals surface area contributed by atoms with Gasteiger partial charge < -0.3 is 9.80 Å². The Morgan fingerprint density at radius 2 is 1.81 bits per heavy atom. The van der Waals surface area contributed by atoms with Crippen molar-refractivity contribution in [3.05, 3.63) is 66.1 Å². The third kappa shape index (κ3) is 4.37. The van der Waals surface area contributed by atoms with Gasteiger partial charge in [-0.3, -0.25) is 13.7 Å². The van der Waals surface area contributed by atoms with Crippen molar-refractivity contribution in [1.82, 2.24) is 24.9 Å². The Labute approximate surface area is 211 Å². The number of aryl methyl sites for hydroxylation is 1. The highest BCUT2D eigenvalue weighted by Crippen LogP contribution is 2.33. The molecular formula is C26H27FN6O2S. The molecule has 186 valence electrons. The van der Waals surface area contributed by atoms with Crippen molar-refractivity contribution in [2.24, 2.45) is 7.05 Å². The zero-order valence-corrected chi connectivity index (χ0v) is 21.2. The summed E-state index contributed by atoms with van der Waals surface area (Å²) >= 11 is 0. The van der Waals surface area contributed by atoms with Crippen LogP contribution in [0, 0.1) is 5.82 Å². The molecule has 2 aromatic carbocycles. The van der Waals surface area contributed by atoms with Crippen molar-refractivity contribution in [1.29, 1.82) is 0 Å². The zero-order chi connectivity index (χ0) is 25.4. The summed E-state index contributed by atoms with van der Waals surface area (Å²) in [7, 11) is 2.22. The smallest absolute Gasteiger partial charge is 0.255 e. The number of aromatic nitrogens is 4. The van der Waals surface area contributed by atoms with Gasteiger partial charge >= 0.3 is 0 Å². The average Bonchev–Trinajstić information content (AvgIpc) is 3.32. The standard InChI is InChI=1S/C26H27FN6O2S/c1-31(26(34)21-16-17(27)8-9-23(21)36(3)35)18-11-14-33(15-12-18)25-20-7-5-4-6-19(20)24(29-30-25)22-10-13-28-32(22)2/h4-10,13,16,18H,11-12,14-15H2,1-3H3. The van der Waals surface area contributed by atoms with Crippen LogP contribution in [0.2, 0.25) is 0 Å². The van der Waals surface area contributed by atoms with Crippen molar-refractivity contribution in [2.75, 3.05) is 31.3 Å². The van der Waals surface area contributed by atoms with Gasteiger partial charge in [-0.1, -0.05) is 24.3 Å². The van der Waals surface area contributed by atoms with Crippen LogP contribution >= 0.6 is 0 Å². The predicted octanol–water partition coefficient (Wildman–Crippen LogP) is 3.65. The number of halogens is 1. The van der Waals surface area contributed by atoms with Crippen molar-refractivity contribution < 1.29 is 13.4 Å². The van der Waals surface area contributed by atoms with Crippen LogP contribution in [-0.2, 0) is 17.8 Å². The second kappa shape index (κ2) is 9.77. The van der Waals surface area contributed by atoms with E-state index in [1.807, 2.05) is 31.3 Å². The molecule has 1 saturated heterocycles. The van der Waals surface area contributed by atoms with Crippen LogP contribution in [-0.4, -0.2) is 67.4 Å². The van der Waals surface area contributed by atoms with Gasteiger partial charge in [0.1, 0.15) is 11.5 Å². The number of piperidine rings is 1. The highest BCUT2D eigenvalue weighted by Gasteiger charge is 2.29. The first-order chi connectivity index (χ1) is 17.3. The lowest BCUT2D eigenvalue weighted by molar-refractivity contribution is 0.0705. The van der Waals surface area contributed by atoms with Gasteiger partial charge in [-0.15, -0.1) is 10.2 Å². The van der Waals surface area contributed by atoms with Gasteiger partial charge in [-0.05, 0) is 37.1 Å². The molecule has 8 nitrogen and oxygen atoms in total. The second-order valence-corrected chi connectivity index (χ2v) is 10.3. The Morgan fingerprint density at radius 1 is 1.08 bits per heavy atom. The molecule has 1 amide bonds. The molecule has 0 aliphatic carbocycles. The van der Waals surface area contributed by atoms with E-state index in [1.54, 1.807) is 22.8 Å². The first kappa shape index (κ1) is 24.1. The third-order valence-corrected chi connectivity index (χ3v) is 7.82. The molecule has 1 unspecified atom stereocenters. The molecule has 4 aromatic rings. The number of hydrogen-bond donors (Lipinski definition) is 0. The van der Waals surface area contributed by atoms with E-state index >= 15 is 0 Å². The van der Waals surface area contributed by atoms with Crippen LogP contribution in [0.3, 0.4) is 0 Å². The summed E-state index contributed by atoms with van der Waals surface area (Å²) in [5.41, 5.74) is 1.84. The van der Waals surface area contributed by atoms with Crippen LogP contribution in [0.4, 0.5) is 10.2 Å². The van der Waals surface area contributed by atoms with E-state index in [0.717, 1.165) is 40.8 Å². The number of carbonyl (C=O) groups is 1. The van der Waals surface area contributed by atoms with Crippen LogP contribution in [0.1, 0.15) is 23.2 Å². The number of carbonyl (C=O) groups excluding carboxylic acids is 1. The Morgan fingerprint density at radius 3 is 2.47 bits per heavy atom. The summed E-state index contributed by atoms with van der Waals surface area (Å²) in [5, 5.41) is 15.4. The number of anilines is 1. The summed E-state index contributed by atoms with van der Waals surface area (Å²) in [6.45, 7) is 1.39. The summed E-state index contributed by atoms with van der Waals surface area (Å²) in [4.78, 5) is 17.4. The lowest BCUT2D eigenvalue weighted by Crippen LogP contribution is -2.46. The van der Waals surface area contributed by atoms with Crippen LogP contribution < -0.4 is 4.90 Å². The second-order valence-electron chi connectivity index (χ2n) is 8.99. The average molecular weight is 507 g/mol. The maximum Gasteiger partial charge on any atom is 0.255 e. The number of hydrogen-bond acceptors (Lipinski definition) is 6. The predicted molar refractivity (Wildman–Crippen MR) is 138 cm³/mol. The van der Waals surface area contributed by atoms with E-state index in [2.05, 4.69) is 26.3 Å². The largest absolute Gasteiger partial charge is 0.354 e. The van der Waals surface area contributed by atoms with Gasteiger partial charge in [-0.25, -0.2) is 4.39 Å². The van der Waals surface area contributed by atoms with Crippen molar-refractivity contribution in [3.8, 4) is 11.4 Å². The number of fused-ring (bicyclic) bond motifs is 1. The molecule has 0 saturated carbocycles. The highest BCUT2D eigenvalue weighted by atomic mass is 32.2. The summed E-state index contributed by atoms with van der Waals surface area (Å²) in [5.74, 6) is -0.0162. The monoisotopic (exact) mass is 506 g/mol. The molecule has 10 heteroatoms. The minimum Gasteiger partial charge on any atom is -0.354 e. The van der Waals surface area contributed by atoms with Crippen LogP contribution in [0.25, 0.3) is 22.2 Å². The molecule has 5 rings (SSSR count). The molecule has 1 atom stereocenters. The zero-order valence-electron chi connectivity index (χ0n) is 20.4. The van der Waals surface area contributed by atoms with Gasteiger partial charge in [0.2, 0.25) is 0 Å². The normalized spacial score (nSPS) is 15.3. The fraction of sp³-hybridized carbons (Fsp3) is 0.308. The van der Waals surface area contributed by atoms with Gasteiger partial charge in [0.05, 0.1) is 27.0 Å². The van der Waals surface area contributed by atoms with E-state index in [1.165, 1.54) is 24.5 Å². The molecule has 0 bridgehead atoms. The van der Waals surface area contributed by atoms with Gasteiger partial charge in [0.25, 0.3) is 5.91 Å². The first-order valence-electron chi connectivity index (χ1n) is 11.7. The SMILES string of the molecule is CN(C(=O)c1cc(F)ccc1S(C)=O)C1CCN(c2nnc(-c3ccnn3C)c3ccccc23)CC1. The van der Waals surface area contributed by atoms with E-state index in [4.69, 9.17) is 0 Å². The number of rotatable bonds is 5. The molecule has 0 spiro atoms. The Hall–Kier alpha value is -3.66. The fourth-order valence-corrected chi connectivity index (χ4v) is 5.58. The summed E-state index contributed by atoms with van der Waals surface area (Å²) in [6, 6.07) is 13.8. The molecule has 0 radical (unpaired) electrons. The lowest BCUT2D eigenvalue weighted by atomic mass is 10.0. The lowest BCUT2D eigenvalue weighted by Gasteiger charge is -2.37. The van der Waals surface area contributed by atoms with Gasteiger partial charge in [-0.2, -0.15) is 5.10 Å². The first-order valence-corrected chi connectivity index (χ1v) is 13.3. The van der Waals surface area contributed by atoms with E-state index < -0.39 is 16.6 Å². The van der Waals surface area contributed by atoms with Gasteiger partial charge in [0.15, 0.2) is 5.82 Å². The molecular weight excluding hydrogens is 479 g/mol. The number of nitrogens with zero attached hydrogens (tertiary/aromatic N) is 6. The van der Waals surface area contributed by atoms with E-state index in [9.17, 15) is 13.4 Å². The highest BCUT2D eigenvalue weighted by molar-refractivity contribution is 7.84. The van der Waals surface area contributed by atoms with Crippen molar-refractivity contribution in [2.45, 2.75) is 23.8 Å². The van der Waals surface area contributed by atoms with Crippen LogP contribution in [0.15, 0.2) is 59.6 Å². The summed E-state index contributed by atoms with van der Waals surface area (Å²) < 4.78 is 27.8. The third-order valence-electron chi connectivity index (χ3n) is 6.85. The maximum atomic E-state index is 13.9. The van der Waals surface area contributed by atoms with E-state index in [0.29, 0.717) is 18.0 Å². The van der Waals surface area contributed by atoms with E-state index in [-0.39, 0.29) is 17.5 Å². The molecule has 2 aromatic heterocycles. The molecule has 1 fully saturated rings. The number of amides is 1. The number of benzene rings is 2. The molecule has 1 aliphatic rings. The molecule has 36 heavy (non-hydrogen) atoms. The quantitative estimate of drug-likeness (QED) is 0.411. The van der Waals surface area contributed by atoms with Crippen molar-refractivity contribution in [3.63, 3.8) is 0 Å². The Kier molecular flexibility index (Phi) is 6.53. The molecule has 3 heterocycles. The maximum absolute atomic E-state index is 13.9. The summed E-state index contributed by atoms with van der Waals surface area (Å²) in [6.07, 6.45) is 4.68. The Bertz CT molecular complexity index is 1460. The minimum atomic E-state index is -1.39. The molecule has 1 aliphatic heterocycles.